The van der Waals surface area contributed by atoms with E-state index in [1.165, 1.54) is 6.26 Å². The average Bonchev–Trinajstić information content (AvgIpc) is 3.22. The van der Waals surface area contributed by atoms with Crippen molar-refractivity contribution in [1.82, 2.24) is 14.7 Å². The van der Waals surface area contributed by atoms with Gasteiger partial charge in [0, 0.05) is 45.7 Å². The number of rotatable bonds is 7. The zero-order chi connectivity index (χ0) is 22.2. The lowest BCUT2D eigenvalue weighted by Crippen LogP contribution is -2.51. The van der Waals surface area contributed by atoms with E-state index in [0.29, 0.717) is 57.2 Å². The average molecular weight is 428 g/mol. The van der Waals surface area contributed by atoms with Crippen LogP contribution in [0.3, 0.4) is 0 Å². The predicted octanol–water partition coefficient (Wildman–Crippen LogP) is 2.92. The van der Waals surface area contributed by atoms with Crippen LogP contribution in [0.15, 0.2) is 47.1 Å². The zero-order valence-electron chi connectivity index (χ0n) is 18.1. The van der Waals surface area contributed by atoms with E-state index in [9.17, 15) is 14.4 Å². The van der Waals surface area contributed by atoms with Crippen molar-refractivity contribution in [2.24, 2.45) is 0 Å². The van der Waals surface area contributed by atoms with Crippen LogP contribution in [-0.4, -0.2) is 71.9 Å². The van der Waals surface area contributed by atoms with E-state index in [-0.39, 0.29) is 24.3 Å². The highest BCUT2D eigenvalue weighted by Gasteiger charge is 2.26. The van der Waals surface area contributed by atoms with Gasteiger partial charge in [-0.05, 0) is 25.5 Å². The van der Waals surface area contributed by atoms with Crippen LogP contribution in [0.5, 0.6) is 0 Å². The first-order valence-electron chi connectivity index (χ1n) is 10.6. The van der Waals surface area contributed by atoms with Crippen LogP contribution in [0.4, 0.5) is 4.79 Å². The third-order valence-corrected chi connectivity index (χ3v) is 5.35. The van der Waals surface area contributed by atoms with Crippen molar-refractivity contribution in [1.29, 1.82) is 0 Å². The van der Waals surface area contributed by atoms with Crippen LogP contribution in [-0.2, 0) is 16.1 Å². The molecule has 0 spiro atoms. The fourth-order valence-corrected chi connectivity index (χ4v) is 3.58. The summed E-state index contributed by atoms with van der Waals surface area (Å²) in [6.45, 7) is 6.39. The summed E-state index contributed by atoms with van der Waals surface area (Å²) in [5, 5.41) is 0. The number of furan rings is 1. The van der Waals surface area contributed by atoms with Crippen molar-refractivity contribution in [3.8, 4) is 0 Å². The molecule has 1 aromatic heterocycles. The summed E-state index contributed by atoms with van der Waals surface area (Å²) in [5.41, 5.74) is 1.50. The molecule has 0 saturated carbocycles. The van der Waals surface area contributed by atoms with E-state index in [1.807, 2.05) is 30.3 Å². The Bertz CT molecular complexity index is 888. The monoisotopic (exact) mass is 427 g/mol. The van der Waals surface area contributed by atoms with E-state index in [4.69, 9.17) is 9.15 Å². The van der Waals surface area contributed by atoms with Gasteiger partial charge in [0.1, 0.15) is 5.76 Å². The molecule has 1 aliphatic heterocycles. The van der Waals surface area contributed by atoms with Gasteiger partial charge in [-0.3, -0.25) is 9.59 Å². The molecule has 3 amide bonds. The van der Waals surface area contributed by atoms with Gasteiger partial charge in [-0.2, -0.15) is 0 Å². The summed E-state index contributed by atoms with van der Waals surface area (Å²) < 4.78 is 10.3. The molecule has 0 bridgehead atoms. The van der Waals surface area contributed by atoms with Crippen molar-refractivity contribution in [2.75, 3.05) is 39.3 Å². The second kappa shape index (κ2) is 10.7. The van der Waals surface area contributed by atoms with E-state index in [0.717, 1.165) is 5.56 Å². The number of hydrogen-bond acceptors (Lipinski definition) is 5. The molecule has 1 saturated heterocycles. The number of carbonyl (C=O) groups is 3. The van der Waals surface area contributed by atoms with Gasteiger partial charge >= 0.3 is 6.09 Å². The summed E-state index contributed by atoms with van der Waals surface area (Å²) in [6.07, 6.45) is 1.37. The Kier molecular flexibility index (Phi) is 7.70. The quantitative estimate of drug-likeness (QED) is 0.679. The maximum atomic E-state index is 13.1. The van der Waals surface area contributed by atoms with E-state index >= 15 is 0 Å². The Morgan fingerprint density at radius 1 is 1.03 bits per heavy atom. The normalized spacial score (nSPS) is 13.7. The Morgan fingerprint density at radius 2 is 1.71 bits per heavy atom. The van der Waals surface area contributed by atoms with Crippen molar-refractivity contribution >= 4 is 17.9 Å². The fourth-order valence-electron chi connectivity index (χ4n) is 3.58. The lowest BCUT2D eigenvalue weighted by molar-refractivity contribution is -0.133. The molecule has 0 unspecified atom stereocenters. The Labute approximate surface area is 182 Å². The van der Waals surface area contributed by atoms with Crippen LogP contribution in [0.2, 0.25) is 0 Å². The van der Waals surface area contributed by atoms with Crippen LogP contribution < -0.4 is 0 Å². The molecule has 1 fully saturated rings. The van der Waals surface area contributed by atoms with Gasteiger partial charge in [0.25, 0.3) is 5.91 Å². The first-order chi connectivity index (χ1) is 15.0. The minimum atomic E-state index is -0.343. The van der Waals surface area contributed by atoms with Gasteiger partial charge in [0.05, 0.1) is 18.4 Å². The molecular weight excluding hydrogens is 398 g/mol. The van der Waals surface area contributed by atoms with E-state index < -0.39 is 0 Å². The summed E-state index contributed by atoms with van der Waals surface area (Å²) in [4.78, 5) is 42.7. The molecule has 3 rings (SSSR count). The number of ether oxygens (including phenoxy) is 1. The summed E-state index contributed by atoms with van der Waals surface area (Å²) in [5.74, 6) is 0.373. The molecule has 0 N–H and O–H groups in total. The number of amides is 3. The minimum Gasteiger partial charge on any atom is -0.469 e. The fraction of sp³-hybridized carbons (Fsp3) is 0.435. The van der Waals surface area contributed by atoms with Crippen LogP contribution in [0, 0.1) is 6.92 Å². The molecule has 1 aromatic carbocycles. The Balaban J connectivity index is 1.59. The number of piperazine rings is 1. The van der Waals surface area contributed by atoms with Crippen molar-refractivity contribution in [3.05, 3.63) is 59.5 Å². The standard InChI is InChI=1S/C23H29N3O5/c1-3-30-23(29)25-14-12-24(13-15-25)21(27)9-11-26(17-19-7-5-4-6-8-19)22(28)20-10-16-31-18(20)2/h4-8,10,16H,3,9,11-15,17H2,1-2H3. The smallest absolute Gasteiger partial charge is 0.409 e. The van der Waals surface area contributed by atoms with Crippen LogP contribution in [0.1, 0.15) is 35.0 Å². The lowest BCUT2D eigenvalue weighted by atomic mass is 10.1. The van der Waals surface area contributed by atoms with Gasteiger partial charge < -0.3 is 23.9 Å². The summed E-state index contributed by atoms with van der Waals surface area (Å²) in [6, 6.07) is 11.4. The zero-order valence-corrected chi connectivity index (χ0v) is 18.1. The topological polar surface area (TPSA) is 83.3 Å². The molecule has 2 heterocycles. The van der Waals surface area contributed by atoms with Crippen molar-refractivity contribution in [3.63, 3.8) is 0 Å². The maximum absolute atomic E-state index is 13.1. The van der Waals surface area contributed by atoms with Crippen LogP contribution >= 0.6 is 0 Å². The molecule has 31 heavy (non-hydrogen) atoms. The van der Waals surface area contributed by atoms with Crippen molar-refractivity contribution < 1.29 is 23.5 Å². The molecule has 0 aliphatic carbocycles. The van der Waals surface area contributed by atoms with Gasteiger partial charge in [-0.1, -0.05) is 30.3 Å². The van der Waals surface area contributed by atoms with Gasteiger partial charge in [-0.15, -0.1) is 0 Å². The molecule has 166 valence electrons. The predicted molar refractivity (Wildman–Crippen MR) is 114 cm³/mol. The Morgan fingerprint density at radius 3 is 2.32 bits per heavy atom. The third-order valence-electron chi connectivity index (χ3n) is 5.35. The van der Waals surface area contributed by atoms with E-state index in [1.54, 1.807) is 34.6 Å². The summed E-state index contributed by atoms with van der Waals surface area (Å²) >= 11 is 0. The number of nitrogens with zero attached hydrogens (tertiary/aromatic N) is 3. The molecule has 8 nitrogen and oxygen atoms in total. The molecule has 2 aromatic rings. The highest BCUT2D eigenvalue weighted by atomic mass is 16.6. The van der Waals surface area contributed by atoms with Gasteiger partial charge in [0.15, 0.2) is 0 Å². The lowest BCUT2D eigenvalue weighted by Gasteiger charge is -2.34. The molecular formula is C23H29N3O5. The highest BCUT2D eigenvalue weighted by Crippen LogP contribution is 2.16. The van der Waals surface area contributed by atoms with Crippen LogP contribution in [0.25, 0.3) is 0 Å². The summed E-state index contributed by atoms with van der Waals surface area (Å²) in [7, 11) is 0. The number of carbonyl (C=O) groups excluding carboxylic acids is 3. The maximum Gasteiger partial charge on any atom is 0.409 e. The van der Waals surface area contributed by atoms with Crippen molar-refractivity contribution in [2.45, 2.75) is 26.8 Å². The number of benzene rings is 1. The first kappa shape index (κ1) is 22.4. The minimum absolute atomic E-state index is 0.0294. The molecule has 1 aliphatic rings. The highest BCUT2D eigenvalue weighted by molar-refractivity contribution is 5.95. The SMILES string of the molecule is CCOC(=O)N1CCN(C(=O)CCN(Cc2ccccc2)C(=O)c2ccoc2C)CC1. The molecule has 0 radical (unpaired) electrons. The first-order valence-corrected chi connectivity index (χ1v) is 10.6. The van der Waals surface area contributed by atoms with Gasteiger partial charge in [0.2, 0.25) is 5.91 Å². The number of hydrogen-bond donors (Lipinski definition) is 0. The van der Waals surface area contributed by atoms with E-state index in [2.05, 4.69) is 0 Å². The van der Waals surface area contributed by atoms with Gasteiger partial charge in [-0.25, -0.2) is 4.79 Å². The number of aryl methyl sites for hydroxylation is 1. The Hall–Kier alpha value is -3.29. The largest absolute Gasteiger partial charge is 0.469 e. The third kappa shape index (κ3) is 5.87. The second-order valence-electron chi connectivity index (χ2n) is 7.42. The molecule has 0 atom stereocenters. The molecule has 8 heteroatoms. The second-order valence-corrected chi connectivity index (χ2v) is 7.42.